The lowest BCUT2D eigenvalue weighted by atomic mass is 10.1. The summed E-state index contributed by atoms with van der Waals surface area (Å²) in [7, 11) is 3.06. The predicted octanol–water partition coefficient (Wildman–Crippen LogP) is 0.548. The Morgan fingerprint density at radius 2 is 1.89 bits per heavy atom. The van der Waals surface area contributed by atoms with E-state index in [0.29, 0.717) is 37.8 Å². The number of benzene rings is 2. The lowest BCUT2D eigenvalue weighted by Gasteiger charge is -2.09. The molecule has 0 atom stereocenters. The number of carbonyl (C=O) groups is 1. The van der Waals surface area contributed by atoms with E-state index in [1.54, 1.807) is 24.3 Å². The van der Waals surface area contributed by atoms with Gasteiger partial charge in [0.15, 0.2) is 11.5 Å². The summed E-state index contributed by atoms with van der Waals surface area (Å²) >= 11 is 3.46. The van der Waals surface area contributed by atoms with Crippen molar-refractivity contribution in [3.8, 4) is 17.2 Å². The Hall–Kier alpha value is -3.26. The zero-order valence-electron chi connectivity index (χ0n) is 15.1. The molecule has 0 spiro atoms. The maximum atomic E-state index is 12.9. The lowest BCUT2D eigenvalue weighted by Crippen LogP contribution is -2.34. The molecule has 0 saturated heterocycles. The molecule has 1 heterocycles. The molecule has 0 aliphatic rings. The Labute approximate surface area is 168 Å². The highest BCUT2D eigenvalue weighted by Crippen LogP contribution is 2.33. The molecule has 0 amide bonds. The molecule has 144 valence electrons. The number of hydrogen-bond donors (Lipinski definition) is 1. The van der Waals surface area contributed by atoms with Crippen LogP contribution in [0.4, 0.5) is 0 Å². The summed E-state index contributed by atoms with van der Waals surface area (Å²) in [5.74, 6) is -0.260. The topological polar surface area (TPSA) is 96.4 Å². The average Bonchev–Trinajstić information content (AvgIpc) is 2.97. The number of hydrogen-bond acceptors (Lipinski definition) is 5. The molecule has 0 unspecified atom stereocenters. The number of nitrogens with zero attached hydrogens (tertiary/aromatic N) is 1. The zero-order chi connectivity index (χ0) is 20.4. The van der Waals surface area contributed by atoms with Crippen molar-refractivity contribution < 1.29 is 19.4 Å². The minimum Gasteiger partial charge on any atom is -0.545 e. The van der Waals surface area contributed by atoms with E-state index in [1.807, 2.05) is 0 Å². The van der Waals surface area contributed by atoms with E-state index in [9.17, 15) is 14.7 Å². The molecule has 1 N–H and O–H groups in total. The molecule has 0 saturated carbocycles. The number of halogens is 1. The molecule has 7 nitrogen and oxygen atoms in total. The van der Waals surface area contributed by atoms with E-state index in [-0.39, 0.29) is 11.1 Å². The van der Waals surface area contributed by atoms with Gasteiger partial charge in [0, 0.05) is 4.47 Å². The Kier molecular flexibility index (Phi) is 5.41. The second kappa shape index (κ2) is 7.77. The van der Waals surface area contributed by atoms with Crippen LogP contribution < -0.4 is 30.7 Å². The molecule has 3 rings (SSSR count). The van der Waals surface area contributed by atoms with Gasteiger partial charge >= 0.3 is 0 Å². The molecule has 0 aliphatic heterocycles. The number of carboxylic acid groups (broad SMARTS) is 1. The minimum absolute atomic E-state index is 0.0298. The van der Waals surface area contributed by atoms with Gasteiger partial charge in [0.25, 0.3) is 5.56 Å². The first kappa shape index (κ1) is 19.5. The summed E-state index contributed by atoms with van der Waals surface area (Å²) in [5, 5.41) is 14.6. The van der Waals surface area contributed by atoms with Crippen LogP contribution in [0.1, 0.15) is 15.9 Å². The number of carbonyl (C=O) groups excluding carboxylic acids is 1. The lowest BCUT2D eigenvalue weighted by molar-refractivity contribution is -0.255. The van der Waals surface area contributed by atoms with Gasteiger partial charge in [0.2, 0.25) is 0 Å². The van der Waals surface area contributed by atoms with Crippen LogP contribution in [0, 0.1) is 0 Å². The van der Waals surface area contributed by atoms with Gasteiger partial charge in [-0.05, 0) is 41.5 Å². The third-order valence-corrected chi connectivity index (χ3v) is 4.83. The number of carboxylic acids is 1. The van der Waals surface area contributed by atoms with Gasteiger partial charge in [-0.3, -0.25) is 9.89 Å². The zero-order valence-corrected chi connectivity index (χ0v) is 16.7. The van der Waals surface area contributed by atoms with Crippen LogP contribution >= 0.6 is 15.9 Å². The number of nitrogens with one attached hydrogen (secondary N) is 1. The van der Waals surface area contributed by atoms with E-state index in [2.05, 4.69) is 27.6 Å². The first-order valence-electron chi connectivity index (χ1n) is 8.10. The Bertz CT molecular complexity index is 1230. The number of aromatic amines is 1. The summed E-state index contributed by atoms with van der Waals surface area (Å²) in [4.78, 5) is 24.0. The second-order valence-corrected chi connectivity index (χ2v) is 6.71. The average molecular weight is 444 g/mol. The van der Waals surface area contributed by atoms with Gasteiger partial charge < -0.3 is 19.4 Å². The number of aromatic carboxylic acids is 1. The largest absolute Gasteiger partial charge is 0.545 e. The van der Waals surface area contributed by atoms with Crippen molar-refractivity contribution in [2.75, 3.05) is 14.2 Å². The van der Waals surface area contributed by atoms with Crippen LogP contribution in [0.15, 0.2) is 45.7 Å². The molecule has 28 heavy (non-hydrogen) atoms. The SMILES string of the molecule is C=c1[nH]n(-c2cccc(C(=O)[O-])c2)c(=O)/c1=C\c1cc(OC)c(OC)cc1Br. The van der Waals surface area contributed by atoms with E-state index in [1.165, 1.54) is 37.1 Å². The quantitative estimate of drug-likeness (QED) is 0.620. The third-order valence-electron chi connectivity index (χ3n) is 4.15. The molecule has 0 aliphatic carbocycles. The fraction of sp³-hybridized carbons (Fsp3) is 0.100. The maximum Gasteiger partial charge on any atom is 0.279 e. The van der Waals surface area contributed by atoms with Crippen LogP contribution in [0.5, 0.6) is 11.5 Å². The summed E-state index contributed by atoms with van der Waals surface area (Å²) in [6.07, 6.45) is 1.66. The molecular weight excluding hydrogens is 428 g/mol. The van der Waals surface area contributed by atoms with Crippen LogP contribution in [0.2, 0.25) is 0 Å². The van der Waals surface area contributed by atoms with Gasteiger partial charge in [-0.2, -0.15) is 0 Å². The number of ether oxygens (including phenoxy) is 2. The molecule has 0 bridgehead atoms. The minimum atomic E-state index is -1.32. The number of H-pyrrole nitrogens is 1. The van der Waals surface area contributed by atoms with Crippen molar-refractivity contribution in [1.82, 2.24) is 9.78 Å². The Morgan fingerprint density at radius 1 is 1.21 bits per heavy atom. The highest BCUT2D eigenvalue weighted by Gasteiger charge is 2.10. The second-order valence-electron chi connectivity index (χ2n) is 5.86. The molecule has 8 heteroatoms. The van der Waals surface area contributed by atoms with Crippen molar-refractivity contribution in [2.45, 2.75) is 0 Å². The van der Waals surface area contributed by atoms with Crippen molar-refractivity contribution in [3.05, 3.63) is 72.9 Å². The molecular formula is C20H16BrN2O5-. The van der Waals surface area contributed by atoms with E-state index in [4.69, 9.17) is 9.47 Å². The van der Waals surface area contributed by atoms with Gasteiger partial charge in [0.05, 0.1) is 36.4 Å². The molecule has 1 aromatic heterocycles. The van der Waals surface area contributed by atoms with Crippen molar-refractivity contribution in [2.24, 2.45) is 0 Å². The van der Waals surface area contributed by atoms with Gasteiger partial charge in [-0.15, -0.1) is 0 Å². The summed E-state index contributed by atoms with van der Waals surface area (Å²) in [6.45, 7) is 3.88. The monoisotopic (exact) mass is 443 g/mol. The highest BCUT2D eigenvalue weighted by atomic mass is 79.9. The van der Waals surface area contributed by atoms with Crippen LogP contribution in [0.3, 0.4) is 0 Å². The molecule has 0 radical (unpaired) electrons. The standard InChI is InChI=1S/C20H17BrN2O5/c1-11-15(8-13-9-17(27-2)18(28-3)10-16(13)21)19(24)23(22-11)14-6-4-5-12(7-14)20(25)26/h4-10,22H,1H2,2-3H3,(H,25,26)/p-1/b15-8-. The van der Waals surface area contributed by atoms with Crippen LogP contribution in [-0.2, 0) is 0 Å². The fourth-order valence-electron chi connectivity index (χ4n) is 2.73. The summed E-state index contributed by atoms with van der Waals surface area (Å²) in [6, 6.07) is 9.36. The normalized spacial score (nSPS) is 11.5. The number of methoxy groups -OCH3 is 2. The Balaban J connectivity index is 2.19. The first-order chi connectivity index (χ1) is 13.3. The van der Waals surface area contributed by atoms with E-state index in [0.717, 1.165) is 0 Å². The maximum absolute atomic E-state index is 12.9. The molecule has 2 aromatic carbocycles. The third kappa shape index (κ3) is 3.59. The summed E-state index contributed by atoms with van der Waals surface area (Å²) in [5.41, 5.74) is 0.650. The highest BCUT2D eigenvalue weighted by molar-refractivity contribution is 9.10. The first-order valence-corrected chi connectivity index (χ1v) is 8.90. The van der Waals surface area contributed by atoms with Crippen LogP contribution in [-0.4, -0.2) is 30.0 Å². The smallest absolute Gasteiger partial charge is 0.279 e. The van der Waals surface area contributed by atoms with Crippen LogP contribution in [0.25, 0.3) is 18.3 Å². The van der Waals surface area contributed by atoms with Crippen molar-refractivity contribution in [3.63, 3.8) is 0 Å². The van der Waals surface area contributed by atoms with E-state index >= 15 is 0 Å². The van der Waals surface area contributed by atoms with E-state index < -0.39 is 5.97 Å². The fourth-order valence-corrected chi connectivity index (χ4v) is 3.17. The number of aromatic nitrogens is 2. The van der Waals surface area contributed by atoms with Gasteiger partial charge in [-0.25, -0.2) is 4.68 Å². The predicted molar refractivity (Wildman–Crippen MR) is 106 cm³/mol. The number of rotatable bonds is 5. The van der Waals surface area contributed by atoms with Crippen molar-refractivity contribution in [1.29, 1.82) is 0 Å². The summed E-state index contributed by atoms with van der Waals surface area (Å²) < 4.78 is 12.5. The van der Waals surface area contributed by atoms with Gasteiger partial charge in [-0.1, -0.05) is 34.6 Å². The molecule has 0 fully saturated rings. The molecule has 3 aromatic rings. The Morgan fingerprint density at radius 3 is 2.54 bits per heavy atom. The van der Waals surface area contributed by atoms with Gasteiger partial charge in [0.1, 0.15) is 0 Å². The van der Waals surface area contributed by atoms with Crippen molar-refractivity contribution >= 4 is 34.6 Å².